The second-order valence-corrected chi connectivity index (χ2v) is 11.3. The summed E-state index contributed by atoms with van der Waals surface area (Å²) >= 11 is 0. The highest BCUT2D eigenvalue weighted by molar-refractivity contribution is 6.25. The third-order valence-corrected chi connectivity index (χ3v) is 8.54. The Morgan fingerprint density at radius 3 is 1.40 bits per heavy atom. The molecular weight excluding hydrogens is 556 g/mol. The lowest BCUT2D eigenvalue weighted by atomic mass is 9.90. The molecular formula is C42H27F2N. The van der Waals surface area contributed by atoms with Crippen molar-refractivity contribution in [3.63, 3.8) is 0 Å². The molecule has 0 heterocycles. The van der Waals surface area contributed by atoms with Crippen molar-refractivity contribution in [2.75, 3.05) is 4.90 Å². The molecule has 0 N–H and O–H groups in total. The Kier molecular flexibility index (Phi) is 6.57. The van der Waals surface area contributed by atoms with Crippen LogP contribution >= 0.6 is 0 Å². The lowest BCUT2D eigenvalue weighted by molar-refractivity contribution is 0.628. The molecule has 45 heavy (non-hydrogen) atoms. The van der Waals surface area contributed by atoms with Crippen LogP contribution in [0.3, 0.4) is 0 Å². The number of benzene rings is 8. The van der Waals surface area contributed by atoms with E-state index in [0.717, 1.165) is 28.2 Å². The highest BCUT2D eigenvalue weighted by Crippen LogP contribution is 2.39. The van der Waals surface area contributed by atoms with E-state index in [4.69, 9.17) is 0 Å². The molecule has 3 heteroatoms. The predicted octanol–water partition coefficient (Wildman–Crippen LogP) is 12.2. The number of anilines is 3. The standard InChI is InChI=1S/C42H27F2N/c43-34-16-22-37(23-17-34)45(38-24-18-35(44)19-25-38)36-20-8-29(9-21-36)5-4-28-6-10-30(11-7-28)39-26-14-33-13-12-31-2-1-3-32-15-27-40(39)42(33)41(31)32/h1-27H/b5-4+. The minimum Gasteiger partial charge on any atom is -0.310 e. The molecule has 0 spiro atoms. The van der Waals surface area contributed by atoms with Crippen molar-refractivity contribution in [1.82, 2.24) is 0 Å². The lowest BCUT2D eigenvalue weighted by Gasteiger charge is -2.25. The van der Waals surface area contributed by atoms with Crippen molar-refractivity contribution < 1.29 is 8.78 Å². The van der Waals surface area contributed by atoms with E-state index < -0.39 is 0 Å². The Labute approximate surface area is 260 Å². The first-order chi connectivity index (χ1) is 22.1. The van der Waals surface area contributed by atoms with Gasteiger partial charge in [0, 0.05) is 17.1 Å². The van der Waals surface area contributed by atoms with E-state index in [1.165, 1.54) is 67.7 Å². The summed E-state index contributed by atoms with van der Waals surface area (Å²) < 4.78 is 27.3. The average Bonchev–Trinajstić information content (AvgIpc) is 3.09. The first-order valence-corrected chi connectivity index (χ1v) is 15.0. The van der Waals surface area contributed by atoms with Crippen molar-refractivity contribution in [3.8, 4) is 11.1 Å². The van der Waals surface area contributed by atoms with Crippen LogP contribution < -0.4 is 4.90 Å². The molecule has 0 aliphatic rings. The van der Waals surface area contributed by atoms with E-state index in [2.05, 4.69) is 91.0 Å². The van der Waals surface area contributed by atoms with E-state index in [1.807, 2.05) is 29.2 Å². The predicted molar refractivity (Wildman–Crippen MR) is 186 cm³/mol. The Morgan fingerprint density at radius 1 is 0.400 bits per heavy atom. The zero-order valence-electron chi connectivity index (χ0n) is 24.3. The molecule has 0 aliphatic heterocycles. The largest absolute Gasteiger partial charge is 0.310 e. The average molecular weight is 584 g/mol. The van der Waals surface area contributed by atoms with Gasteiger partial charge in [-0.25, -0.2) is 8.78 Å². The third-order valence-electron chi connectivity index (χ3n) is 8.54. The van der Waals surface area contributed by atoms with E-state index in [0.29, 0.717) is 0 Å². The van der Waals surface area contributed by atoms with Crippen molar-refractivity contribution in [1.29, 1.82) is 0 Å². The summed E-state index contributed by atoms with van der Waals surface area (Å²) in [6, 6.07) is 49.3. The first kappa shape index (κ1) is 26.8. The third kappa shape index (κ3) is 4.99. The molecule has 8 aromatic rings. The summed E-state index contributed by atoms with van der Waals surface area (Å²) in [6.45, 7) is 0. The number of halogens is 2. The highest BCUT2D eigenvalue weighted by atomic mass is 19.1. The van der Waals surface area contributed by atoms with Crippen LogP contribution in [0.5, 0.6) is 0 Å². The molecule has 0 atom stereocenters. The minimum absolute atomic E-state index is 0.303. The van der Waals surface area contributed by atoms with Crippen LogP contribution in [0.1, 0.15) is 11.1 Å². The summed E-state index contributed by atoms with van der Waals surface area (Å²) in [4.78, 5) is 1.98. The quantitative estimate of drug-likeness (QED) is 0.139. The van der Waals surface area contributed by atoms with Gasteiger partial charge in [-0.1, -0.05) is 103 Å². The first-order valence-electron chi connectivity index (χ1n) is 15.0. The van der Waals surface area contributed by atoms with Gasteiger partial charge in [-0.05, 0) is 115 Å². The van der Waals surface area contributed by atoms with Crippen LogP contribution in [0.2, 0.25) is 0 Å². The number of hydrogen-bond acceptors (Lipinski definition) is 1. The minimum atomic E-state index is -0.303. The molecule has 0 saturated carbocycles. The number of rotatable bonds is 6. The maximum absolute atomic E-state index is 13.7. The van der Waals surface area contributed by atoms with Gasteiger partial charge in [-0.3, -0.25) is 0 Å². The second-order valence-electron chi connectivity index (χ2n) is 11.3. The molecule has 8 rings (SSSR count). The van der Waals surface area contributed by atoms with E-state index in [-0.39, 0.29) is 11.6 Å². The van der Waals surface area contributed by atoms with Crippen LogP contribution in [0.15, 0.2) is 152 Å². The van der Waals surface area contributed by atoms with Crippen molar-refractivity contribution in [3.05, 3.63) is 174 Å². The Hall–Kier alpha value is -5.80. The molecule has 1 nitrogen and oxygen atoms in total. The Bertz CT molecular complexity index is 2240. The van der Waals surface area contributed by atoms with Gasteiger partial charge in [0.05, 0.1) is 0 Å². The van der Waals surface area contributed by atoms with E-state index in [1.54, 1.807) is 24.3 Å². The van der Waals surface area contributed by atoms with Crippen molar-refractivity contribution >= 4 is 61.5 Å². The number of nitrogens with zero attached hydrogens (tertiary/aromatic N) is 1. The molecule has 0 unspecified atom stereocenters. The van der Waals surface area contributed by atoms with E-state index >= 15 is 0 Å². The van der Waals surface area contributed by atoms with Crippen molar-refractivity contribution in [2.45, 2.75) is 0 Å². The zero-order valence-corrected chi connectivity index (χ0v) is 24.3. The molecule has 0 saturated heterocycles. The van der Waals surface area contributed by atoms with Crippen LogP contribution in [-0.4, -0.2) is 0 Å². The number of hydrogen-bond donors (Lipinski definition) is 0. The van der Waals surface area contributed by atoms with Gasteiger partial charge in [0.15, 0.2) is 0 Å². The zero-order chi connectivity index (χ0) is 30.3. The maximum Gasteiger partial charge on any atom is 0.123 e. The Morgan fingerprint density at radius 2 is 0.844 bits per heavy atom. The molecule has 0 bridgehead atoms. The SMILES string of the molecule is Fc1ccc(N(c2ccc(F)cc2)c2ccc(/C=C/c3ccc(-c4ccc5ccc6cccc7ccc4c5c67)cc3)cc2)cc1. The fraction of sp³-hybridized carbons (Fsp3) is 0. The monoisotopic (exact) mass is 583 g/mol. The molecule has 8 aromatic carbocycles. The van der Waals surface area contributed by atoms with Crippen molar-refractivity contribution in [2.24, 2.45) is 0 Å². The molecule has 214 valence electrons. The molecule has 0 aliphatic carbocycles. The van der Waals surface area contributed by atoms with Crippen LogP contribution in [0, 0.1) is 11.6 Å². The summed E-state index contributed by atoms with van der Waals surface area (Å²) in [6.07, 6.45) is 4.20. The van der Waals surface area contributed by atoms with E-state index in [9.17, 15) is 8.78 Å². The van der Waals surface area contributed by atoms with Gasteiger partial charge in [0.25, 0.3) is 0 Å². The molecule has 0 aromatic heterocycles. The molecule has 0 fully saturated rings. The van der Waals surface area contributed by atoms with Gasteiger partial charge in [-0.15, -0.1) is 0 Å². The summed E-state index contributed by atoms with van der Waals surface area (Å²) in [7, 11) is 0. The van der Waals surface area contributed by atoms with Crippen LogP contribution in [0.25, 0.3) is 55.6 Å². The maximum atomic E-state index is 13.7. The molecule has 0 amide bonds. The van der Waals surface area contributed by atoms with Crippen LogP contribution in [-0.2, 0) is 0 Å². The fourth-order valence-electron chi connectivity index (χ4n) is 6.32. The molecule has 0 radical (unpaired) electrons. The van der Waals surface area contributed by atoms with Gasteiger partial charge < -0.3 is 4.90 Å². The fourth-order valence-corrected chi connectivity index (χ4v) is 6.32. The summed E-state index contributed by atoms with van der Waals surface area (Å²) in [5.74, 6) is -0.607. The van der Waals surface area contributed by atoms with Gasteiger partial charge >= 0.3 is 0 Å². The normalized spacial score (nSPS) is 11.7. The van der Waals surface area contributed by atoms with Gasteiger partial charge in [0.1, 0.15) is 11.6 Å². The van der Waals surface area contributed by atoms with Gasteiger partial charge in [-0.2, -0.15) is 0 Å². The summed E-state index contributed by atoms with van der Waals surface area (Å²) in [5.41, 5.74) is 7.05. The second kappa shape index (κ2) is 11.0. The lowest BCUT2D eigenvalue weighted by Crippen LogP contribution is -2.09. The van der Waals surface area contributed by atoms with Gasteiger partial charge in [0.2, 0.25) is 0 Å². The Balaban J connectivity index is 1.06. The highest BCUT2D eigenvalue weighted by Gasteiger charge is 2.14. The van der Waals surface area contributed by atoms with Crippen LogP contribution in [0.4, 0.5) is 25.8 Å². The smallest absolute Gasteiger partial charge is 0.123 e. The summed E-state index contributed by atoms with van der Waals surface area (Å²) in [5, 5.41) is 7.74. The topological polar surface area (TPSA) is 3.24 Å².